The Morgan fingerprint density at radius 1 is 1.54 bits per heavy atom. The third-order valence-electron chi connectivity index (χ3n) is 2.22. The van der Waals surface area contributed by atoms with E-state index in [2.05, 4.69) is 16.8 Å². The molecular weight excluding hydrogens is 182 g/mol. The summed E-state index contributed by atoms with van der Waals surface area (Å²) in [6.07, 6.45) is 2.41. The van der Waals surface area contributed by atoms with Crippen molar-refractivity contribution in [1.82, 2.24) is 0 Å². The lowest BCUT2D eigenvalue weighted by molar-refractivity contribution is 0.0448. The highest BCUT2D eigenvalue weighted by molar-refractivity contribution is 7.07. The molecule has 1 heterocycles. The van der Waals surface area contributed by atoms with Crippen LogP contribution in [0.2, 0.25) is 0 Å². The van der Waals surface area contributed by atoms with Gasteiger partial charge < -0.3 is 10.8 Å². The average molecular weight is 199 g/mol. The van der Waals surface area contributed by atoms with Crippen LogP contribution < -0.4 is 5.73 Å². The molecule has 1 atom stereocenters. The van der Waals surface area contributed by atoms with Crippen LogP contribution in [0.3, 0.4) is 0 Å². The van der Waals surface area contributed by atoms with Crippen molar-refractivity contribution in [3.63, 3.8) is 0 Å². The SMILES string of the molecule is CC(O)(CCN)CCc1ccsc1. The standard InChI is InChI=1S/C10H17NOS/c1-10(12,5-6-11)4-2-9-3-7-13-8-9/h3,7-8,12H,2,4-6,11H2,1H3. The van der Waals surface area contributed by atoms with Gasteiger partial charge in [0.15, 0.2) is 0 Å². The van der Waals surface area contributed by atoms with Crippen LogP contribution in [0.15, 0.2) is 16.8 Å². The number of aliphatic hydroxyl groups is 1. The van der Waals surface area contributed by atoms with Gasteiger partial charge in [-0.3, -0.25) is 0 Å². The summed E-state index contributed by atoms with van der Waals surface area (Å²) in [4.78, 5) is 0. The van der Waals surface area contributed by atoms with Crippen LogP contribution in [0.1, 0.15) is 25.3 Å². The molecule has 0 fully saturated rings. The third-order valence-corrected chi connectivity index (χ3v) is 2.95. The van der Waals surface area contributed by atoms with Gasteiger partial charge in [-0.2, -0.15) is 11.3 Å². The smallest absolute Gasteiger partial charge is 0.0635 e. The Hall–Kier alpha value is -0.380. The van der Waals surface area contributed by atoms with E-state index in [4.69, 9.17) is 5.73 Å². The number of hydrogen-bond donors (Lipinski definition) is 2. The summed E-state index contributed by atoms with van der Waals surface area (Å²) in [6.45, 7) is 2.41. The molecule has 0 aliphatic carbocycles. The van der Waals surface area contributed by atoms with Crippen molar-refractivity contribution in [2.24, 2.45) is 5.73 Å². The van der Waals surface area contributed by atoms with E-state index >= 15 is 0 Å². The van der Waals surface area contributed by atoms with Crippen LogP contribution in [0.5, 0.6) is 0 Å². The van der Waals surface area contributed by atoms with Crippen LogP contribution in [-0.4, -0.2) is 17.3 Å². The van der Waals surface area contributed by atoms with Gasteiger partial charge >= 0.3 is 0 Å². The molecule has 3 N–H and O–H groups in total. The van der Waals surface area contributed by atoms with Gasteiger partial charge in [-0.1, -0.05) is 0 Å². The van der Waals surface area contributed by atoms with Crippen LogP contribution in [0.25, 0.3) is 0 Å². The van der Waals surface area contributed by atoms with Crippen molar-refractivity contribution < 1.29 is 5.11 Å². The van der Waals surface area contributed by atoms with Crippen LogP contribution in [-0.2, 0) is 6.42 Å². The highest BCUT2D eigenvalue weighted by Gasteiger charge is 2.18. The first kappa shape index (κ1) is 10.7. The molecule has 3 heteroatoms. The first-order valence-corrected chi connectivity index (χ1v) is 5.52. The summed E-state index contributed by atoms with van der Waals surface area (Å²) in [5, 5.41) is 14.0. The zero-order chi connectivity index (χ0) is 9.73. The lowest BCUT2D eigenvalue weighted by Crippen LogP contribution is -2.28. The summed E-state index contributed by atoms with van der Waals surface area (Å²) in [5.41, 5.74) is 6.11. The molecule has 13 heavy (non-hydrogen) atoms. The quantitative estimate of drug-likeness (QED) is 0.759. The van der Waals surface area contributed by atoms with Crippen LogP contribution >= 0.6 is 11.3 Å². The molecular formula is C10H17NOS. The number of nitrogens with two attached hydrogens (primary N) is 1. The molecule has 1 unspecified atom stereocenters. The second-order valence-electron chi connectivity index (χ2n) is 3.67. The fraction of sp³-hybridized carbons (Fsp3) is 0.600. The molecule has 0 bridgehead atoms. The molecule has 0 saturated heterocycles. The Morgan fingerprint density at radius 3 is 2.85 bits per heavy atom. The van der Waals surface area contributed by atoms with Gasteiger partial charge in [0.05, 0.1) is 5.60 Å². The minimum atomic E-state index is -0.601. The van der Waals surface area contributed by atoms with E-state index in [1.54, 1.807) is 11.3 Å². The lowest BCUT2D eigenvalue weighted by atomic mass is 9.95. The zero-order valence-corrected chi connectivity index (χ0v) is 8.81. The summed E-state index contributed by atoms with van der Waals surface area (Å²) >= 11 is 1.70. The predicted molar refractivity (Wildman–Crippen MR) is 56.9 cm³/mol. The number of aryl methyl sites for hydroxylation is 1. The Labute approximate surface area is 83.4 Å². The Bertz CT molecular complexity index is 231. The molecule has 0 aliphatic rings. The second-order valence-corrected chi connectivity index (χ2v) is 4.45. The van der Waals surface area contributed by atoms with Crippen LogP contribution in [0, 0.1) is 0 Å². The zero-order valence-electron chi connectivity index (χ0n) is 7.99. The van der Waals surface area contributed by atoms with Gasteiger partial charge in [-0.15, -0.1) is 0 Å². The van der Waals surface area contributed by atoms with Gasteiger partial charge in [0, 0.05) is 0 Å². The Balaban J connectivity index is 2.33. The van der Waals surface area contributed by atoms with Gasteiger partial charge in [-0.05, 0) is 55.1 Å². The second kappa shape index (κ2) is 4.74. The molecule has 1 rings (SSSR count). The summed E-state index contributed by atoms with van der Waals surface area (Å²) in [5.74, 6) is 0. The maximum absolute atomic E-state index is 9.84. The van der Waals surface area contributed by atoms with Gasteiger partial charge in [-0.25, -0.2) is 0 Å². The summed E-state index contributed by atoms with van der Waals surface area (Å²) < 4.78 is 0. The highest BCUT2D eigenvalue weighted by atomic mass is 32.1. The van der Waals surface area contributed by atoms with Crippen molar-refractivity contribution in [1.29, 1.82) is 0 Å². The van der Waals surface area contributed by atoms with Crippen molar-refractivity contribution in [2.45, 2.75) is 31.8 Å². The maximum Gasteiger partial charge on any atom is 0.0635 e. The Kier molecular flexibility index (Phi) is 3.90. The molecule has 1 aromatic heterocycles. The van der Waals surface area contributed by atoms with Crippen molar-refractivity contribution in [2.75, 3.05) is 6.54 Å². The van der Waals surface area contributed by atoms with E-state index in [0.29, 0.717) is 13.0 Å². The first-order valence-electron chi connectivity index (χ1n) is 4.57. The fourth-order valence-electron chi connectivity index (χ4n) is 1.28. The lowest BCUT2D eigenvalue weighted by Gasteiger charge is -2.21. The maximum atomic E-state index is 9.84. The van der Waals surface area contributed by atoms with E-state index in [9.17, 15) is 5.11 Å². The molecule has 0 saturated carbocycles. The molecule has 0 amide bonds. The molecule has 1 aromatic rings. The molecule has 0 spiro atoms. The number of thiophene rings is 1. The largest absolute Gasteiger partial charge is 0.390 e. The van der Waals surface area contributed by atoms with Crippen molar-refractivity contribution >= 4 is 11.3 Å². The van der Waals surface area contributed by atoms with E-state index in [1.807, 2.05) is 6.92 Å². The minimum absolute atomic E-state index is 0.552. The van der Waals surface area contributed by atoms with E-state index in [0.717, 1.165) is 12.8 Å². The van der Waals surface area contributed by atoms with E-state index in [-0.39, 0.29) is 0 Å². The monoisotopic (exact) mass is 199 g/mol. The highest BCUT2D eigenvalue weighted by Crippen LogP contribution is 2.18. The van der Waals surface area contributed by atoms with Crippen molar-refractivity contribution in [3.05, 3.63) is 22.4 Å². The molecule has 2 nitrogen and oxygen atoms in total. The summed E-state index contributed by atoms with van der Waals surface area (Å²) in [6, 6.07) is 2.10. The molecule has 0 aromatic carbocycles. The number of rotatable bonds is 5. The van der Waals surface area contributed by atoms with Gasteiger partial charge in [0.1, 0.15) is 0 Å². The van der Waals surface area contributed by atoms with Gasteiger partial charge in [0.25, 0.3) is 0 Å². The van der Waals surface area contributed by atoms with E-state index in [1.165, 1.54) is 5.56 Å². The predicted octanol–water partition coefficient (Wildman–Crippen LogP) is 1.78. The molecule has 0 aliphatic heterocycles. The summed E-state index contributed by atoms with van der Waals surface area (Å²) in [7, 11) is 0. The normalized spacial score (nSPS) is 15.6. The topological polar surface area (TPSA) is 46.2 Å². The Morgan fingerprint density at radius 2 is 2.31 bits per heavy atom. The fourth-order valence-corrected chi connectivity index (χ4v) is 1.99. The van der Waals surface area contributed by atoms with Gasteiger partial charge in [0.2, 0.25) is 0 Å². The molecule has 0 radical (unpaired) electrons. The van der Waals surface area contributed by atoms with Crippen LogP contribution in [0.4, 0.5) is 0 Å². The third kappa shape index (κ3) is 3.89. The average Bonchev–Trinajstić information content (AvgIpc) is 2.52. The minimum Gasteiger partial charge on any atom is -0.390 e. The first-order chi connectivity index (χ1) is 6.14. The van der Waals surface area contributed by atoms with E-state index < -0.39 is 5.60 Å². The number of hydrogen-bond acceptors (Lipinski definition) is 3. The molecule has 74 valence electrons. The van der Waals surface area contributed by atoms with Crippen molar-refractivity contribution in [3.8, 4) is 0 Å².